The summed E-state index contributed by atoms with van der Waals surface area (Å²) < 4.78 is 7.96. The number of aromatic nitrogens is 3. The number of nitrogens with one attached hydrogen (secondary N) is 1. The highest BCUT2D eigenvalue weighted by molar-refractivity contribution is 7.99. The SMILES string of the molecule is C=CCn1c(SCC(=O)Nc2ccccc2C)nnc1C(C)Oc1ccc(C)cc1. The van der Waals surface area contributed by atoms with Gasteiger partial charge in [-0.3, -0.25) is 9.36 Å². The lowest BCUT2D eigenvalue weighted by molar-refractivity contribution is -0.113. The van der Waals surface area contributed by atoms with E-state index in [1.807, 2.05) is 73.9 Å². The molecule has 0 saturated heterocycles. The van der Waals surface area contributed by atoms with Gasteiger partial charge in [-0.15, -0.1) is 16.8 Å². The van der Waals surface area contributed by atoms with Gasteiger partial charge in [0.25, 0.3) is 0 Å². The van der Waals surface area contributed by atoms with Gasteiger partial charge < -0.3 is 10.1 Å². The van der Waals surface area contributed by atoms with Gasteiger partial charge in [-0.1, -0.05) is 53.7 Å². The maximum Gasteiger partial charge on any atom is 0.234 e. The Bertz CT molecular complexity index is 1010. The molecule has 7 heteroatoms. The quantitative estimate of drug-likeness (QED) is 0.390. The number of nitrogens with zero attached hydrogens (tertiary/aromatic N) is 3. The molecule has 0 aliphatic rings. The molecule has 0 fully saturated rings. The van der Waals surface area contributed by atoms with Gasteiger partial charge in [-0.2, -0.15) is 0 Å². The average molecular weight is 423 g/mol. The van der Waals surface area contributed by atoms with Crippen LogP contribution in [0.1, 0.15) is 30.0 Å². The van der Waals surface area contributed by atoms with E-state index in [4.69, 9.17) is 4.74 Å². The summed E-state index contributed by atoms with van der Waals surface area (Å²) in [5.74, 6) is 1.61. The molecule has 3 rings (SSSR count). The molecular weight excluding hydrogens is 396 g/mol. The number of aryl methyl sites for hydroxylation is 2. The Morgan fingerprint density at radius 1 is 1.20 bits per heavy atom. The van der Waals surface area contributed by atoms with Crippen LogP contribution in [0.3, 0.4) is 0 Å². The van der Waals surface area contributed by atoms with Crippen molar-refractivity contribution >= 4 is 23.4 Å². The molecule has 0 spiro atoms. The van der Waals surface area contributed by atoms with E-state index >= 15 is 0 Å². The lowest BCUT2D eigenvalue weighted by Crippen LogP contribution is -2.16. The molecule has 1 unspecified atom stereocenters. The van der Waals surface area contributed by atoms with E-state index < -0.39 is 0 Å². The van der Waals surface area contributed by atoms with Crippen molar-refractivity contribution in [3.05, 3.63) is 78.1 Å². The summed E-state index contributed by atoms with van der Waals surface area (Å²) in [4.78, 5) is 12.4. The topological polar surface area (TPSA) is 69.0 Å². The molecule has 1 N–H and O–H groups in total. The molecule has 30 heavy (non-hydrogen) atoms. The Hall–Kier alpha value is -3.06. The van der Waals surface area contributed by atoms with Crippen LogP contribution in [-0.2, 0) is 11.3 Å². The summed E-state index contributed by atoms with van der Waals surface area (Å²) in [7, 11) is 0. The van der Waals surface area contributed by atoms with E-state index in [0.29, 0.717) is 17.5 Å². The fraction of sp³-hybridized carbons (Fsp3) is 0.261. The second-order valence-corrected chi connectivity index (χ2v) is 7.91. The molecule has 0 saturated carbocycles. The Balaban J connectivity index is 1.67. The molecule has 0 aliphatic carbocycles. The van der Waals surface area contributed by atoms with Crippen LogP contribution in [0.4, 0.5) is 5.69 Å². The van der Waals surface area contributed by atoms with Gasteiger partial charge in [-0.25, -0.2) is 0 Å². The summed E-state index contributed by atoms with van der Waals surface area (Å²) in [5.41, 5.74) is 3.01. The highest BCUT2D eigenvalue weighted by Crippen LogP contribution is 2.25. The van der Waals surface area contributed by atoms with E-state index in [-0.39, 0.29) is 17.8 Å². The number of carbonyl (C=O) groups is 1. The number of anilines is 1. The second kappa shape index (κ2) is 10.1. The van der Waals surface area contributed by atoms with Crippen LogP contribution in [0.5, 0.6) is 5.75 Å². The molecule has 1 aromatic heterocycles. The number of hydrogen-bond acceptors (Lipinski definition) is 5. The minimum absolute atomic E-state index is 0.0899. The number of hydrogen-bond donors (Lipinski definition) is 1. The van der Waals surface area contributed by atoms with Crippen molar-refractivity contribution in [3.8, 4) is 5.75 Å². The van der Waals surface area contributed by atoms with Crippen LogP contribution in [0, 0.1) is 13.8 Å². The number of thioether (sulfide) groups is 1. The fourth-order valence-corrected chi connectivity index (χ4v) is 3.67. The zero-order valence-corrected chi connectivity index (χ0v) is 18.3. The lowest BCUT2D eigenvalue weighted by Gasteiger charge is -2.16. The zero-order valence-electron chi connectivity index (χ0n) is 17.5. The molecule has 1 atom stereocenters. The number of benzene rings is 2. The maximum absolute atomic E-state index is 12.4. The highest BCUT2D eigenvalue weighted by atomic mass is 32.2. The Morgan fingerprint density at radius 2 is 1.93 bits per heavy atom. The van der Waals surface area contributed by atoms with Crippen LogP contribution in [-0.4, -0.2) is 26.4 Å². The summed E-state index contributed by atoms with van der Waals surface area (Å²) in [5, 5.41) is 12.2. The number of para-hydroxylation sites is 1. The third kappa shape index (κ3) is 5.51. The highest BCUT2D eigenvalue weighted by Gasteiger charge is 2.20. The van der Waals surface area contributed by atoms with E-state index in [2.05, 4.69) is 22.1 Å². The van der Waals surface area contributed by atoms with Gasteiger partial charge in [0.1, 0.15) is 5.75 Å². The molecule has 0 bridgehead atoms. The Morgan fingerprint density at radius 3 is 2.63 bits per heavy atom. The van der Waals surface area contributed by atoms with Gasteiger partial charge in [-0.05, 0) is 44.5 Å². The second-order valence-electron chi connectivity index (χ2n) is 6.96. The molecule has 1 amide bonds. The van der Waals surface area contributed by atoms with Crippen LogP contribution in [0.2, 0.25) is 0 Å². The van der Waals surface area contributed by atoms with Crippen molar-refractivity contribution in [2.75, 3.05) is 11.1 Å². The predicted octanol–water partition coefficient (Wildman–Crippen LogP) is 4.95. The first-order valence-corrected chi connectivity index (χ1v) is 10.7. The largest absolute Gasteiger partial charge is 0.483 e. The molecule has 0 radical (unpaired) electrons. The van der Waals surface area contributed by atoms with E-state index in [9.17, 15) is 4.79 Å². The molecule has 3 aromatic rings. The van der Waals surface area contributed by atoms with Crippen molar-refractivity contribution in [2.45, 2.75) is 38.6 Å². The smallest absolute Gasteiger partial charge is 0.234 e. The first-order chi connectivity index (χ1) is 14.5. The van der Waals surface area contributed by atoms with Crippen LogP contribution in [0.15, 0.2) is 66.3 Å². The summed E-state index contributed by atoms with van der Waals surface area (Å²) in [6.07, 6.45) is 1.48. The van der Waals surface area contributed by atoms with Crippen LogP contribution < -0.4 is 10.1 Å². The lowest BCUT2D eigenvalue weighted by atomic mass is 10.2. The summed E-state index contributed by atoms with van der Waals surface area (Å²) in [6.45, 7) is 10.3. The Kier molecular flexibility index (Phi) is 7.30. The molecule has 1 heterocycles. The van der Waals surface area contributed by atoms with Gasteiger partial charge in [0.2, 0.25) is 5.91 Å². The first-order valence-electron chi connectivity index (χ1n) is 9.73. The predicted molar refractivity (Wildman–Crippen MR) is 121 cm³/mol. The maximum atomic E-state index is 12.4. The Labute approximate surface area is 181 Å². The fourth-order valence-electron chi connectivity index (χ4n) is 2.91. The van der Waals surface area contributed by atoms with Crippen molar-refractivity contribution < 1.29 is 9.53 Å². The third-order valence-corrected chi connectivity index (χ3v) is 5.47. The summed E-state index contributed by atoms with van der Waals surface area (Å²) in [6, 6.07) is 15.6. The molecule has 6 nitrogen and oxygen atoms in total. The normalized spacial score (nSPS) is 11.7. The van der Waals surface area contributed by atoms with E-state index in [1.54, 1.807) is 6.08 Å². The van der Waals surface area contributed by atoms with Crippen molar-refractivity contribution in [3.63, 3.8) is 0 Å². The average Bonchev–Trinajstić information content (AvgIpc) is 3.13. The minimum atomic E-state index is -0.296. The first kappa shape index (κ1) is 21.6. The number of ether oxygens (including phenoxy) is 1. The number of amides is 1. The van der Waals surface area contributed by atoms with Crippen molar-refractivity contribution in [2.24, 2.45) is 0 Å². The molecular formula is C23H26N4O2S. The monoisotopic (exact) mass is 422 g/mol. The molecule has 156 valence electrons. The minimum Gasteiger partial charge on any atom is -0.483 e. The van der Waals surface area contributed by atoms with Gasteiger partial charge in [0.05, 0.1) is 5.75 Å². The van der Waals surface area contributed by atoms with Gasteiger partial charge in [0.15, 0.2) is 17.1 Å². The summed E-state index contributed by atoms with van der Waals surface area (Å²) >= 11 is 1.34. The van der Waals surface area contributed by atoms with Crippen molar-refractivity contribution in [1.82, 2.24) is 14.8 Å². The van der Waals surface area contributed by atoms with Gasteiger partial charge in [0, 0.05) is 12.2 Å². The van der Waals surface area contributed by atoms with Crippen LogP contribution >= 0.6 is 11.8 Å². The van der Waals surface area contributed by atoms with Crippen LogP contribution in [0.25, 0.3) is 0 Å². The number of rotatable bonds is 9. The third-order valence-electron chi connectivity index (χ3n) is 4.51. The molecule has 0 aliphatic heterocycles. The standard InChI is InChI=1S/C23H26N4O2S/c1-5-14-27-22(18(4)29-19-12-10-16(2)11-13-19)25-26-23(27)30-15-21(28)24-20-9-7-6-8-17(20)3/h5-13,18H,1,14-15H2,2-4H3,(H,24,28). The van der Waals surface area contributed by atoms with Crippen molar-refractivity contribution in [1.29, 1.82) is 0 Å². The zero-order chi connectivity index (χ0) is 21.5. The van der Waals surface area contributed by atoms with E-state index in [0.717, 1.165) is 17.0 Å². The molecule has 2 aromatic carbocycles. The number of carbonyl (C=O) groups excluding carboxylic acids is 1. The van der Waals surface area contributed by atoms with E-state index in [1.165, 1.54) is 17.3 Å². The van der Waals surface area contributed by atoms with Gasteiger partial charge >= 0.3 is 0 Å². The number of allylic oxidation sites excluding steroid dienone is 1.